The molecule has 2 aliphatic rings. The number of benzene rings is 1. The number of piperazine rings is 1. The number of halogens is 1. The maximum Gasteiger partial charge on any atom is 0.265 e. The first-order chi connectivity index (χ1) is 15.6. The van der Waals surface area contributed by atoms with Crippen LogP contribution in [0.3, 0.4) is 0 Å². The molecule has 0 spiro atoms. The number of anilines is 2. The molecule has 2 aliphatic heterocycles. The van der Waals surface area contributed by atoms with E-state index in [0.717, 1.165) is 0 Å². The van der Waals surface area contributed by atoms with Crippen molar-refractivity contribution in [1.29, 1.82) is 0 Å². The maximum absolute atomic E-state index is 12.8. The van der Waals surface area contributed by atoms with Crippen LogP contribution in [0, 0.1) is 0 Å². The summed E-state index contributed by atoms with van der Waals surface area (Å²) in [5, 5.41) is 5.24. The van der Waals surface area contributed by atoms with Crippen LogP contribution >= 0.6 is 22.9 Å². The number of rotatable bonds is 4. The number of ether oxygens (including phenoxy) is 2. The van der Waals surface area contributed by atoms with Gasteiger partial charge in [-0.1, -0.05) is 11.6 Å². The Balaban J connectivity index is 1.27. The van der Waals surface area contributed by atoms with E-state index >= 15 is 0 Å². The lowest BCUT2D eigenvalue weighted by Crippen LogP contribution is -2.49. The van der Waals surface area contributed by atoms with Gasteiger partial charge in [0.05, 0.1) is 10.7 Å². The lowest BCUT2D eigenvalue weighted by atomic mass is 10.2. The highest BCUT2D eigenvalue weighted by atomic mass is 35.5. The van der Waals surface area contributed by atoms with Gasteiger partial charge in [-0.15, -0.1) is 11.3 Å². The van der Waals surface area contributed by atoms with E-state index in [-0.39, 0.29) is 18.6 Å². The highest BCUT2D eigenvalue weighted by Crippen LogP contribution is 2.33. The Labute approximate surface area is 193 Å². The molecule has 164 valence electrons. The van der Waals surface area contributed by atoms with Gasteiger partial charge >= 0.3 is 0 Å². The fraction of sp³-hybridized carbons (Fsp3) is 0.227. The molecular weight excluding hydrogens is 452 g/mol. The minimum absolute atomic E-state index is 0.0537. The van der Waals surface area contributed by atoms with Crippen LogP contribution < -0.4 is 19.7 Å². The second kappa shape index (κ2) is 8.68. The van der Waals surface area contributed by atoms with Gasteiger partial charge in [-0.2, -0.15) is 0 Å². The lowest BCUT2D eigenvalue weighted by molar-refractivity contribution is 0.0751. The van der Waals surface area contributed by atoms with Crippen molar-refractivity contribution in [2.45, 2.75) is 0 Å². The molecule has 2 aromatic heterocycles. The second-order valence-electron chi connectivity index (χ2n) is 7.27. The summed E-state index contributed by atoms with van der Waals surface area (Å²) in [6.45, 7) is 2.43. The van der Waals surface area contributed by atoms with Crippen LogP contribution in [0.5, 0.6) is 11.5 Å². The predicted molar refractivity (Wildman–Crippen MR) is 122 cm³/mol. The molecular formula is C22H19ClN4O4S. The third-order valence-electron chi connectivity index (χ3n) is 5.35. The Morgan fingerprint density at radius 2 is 1.88 bits per heavy atom. The highest BCUT2D eigenvalue weighted by molar-refractivity contribution is 7.12. The van der Waals surface area contributed by atoms with E-state index in [4.69, 9.17) is 21.1 Å². The molecule has 1 saturated heterocycles. The fourth-order valence-electron chi connectivity index (χ4n) is 3.69. The van der Waals surface area contributed by atoms with Gasteiger partial charge in [-0.3, -0.25) is 9.59 Å². The zero-order chi connectivity index (χ0) is 22.1. The number of nitrogens with zero attached hydrogens (tertiary/aromatic N) is 3. The standard InChI is InChI=1S/C22H19ClN4O4S/c23-15-5-11-32-19(15)22(29)27-9-7-26(8-10-27)20-16(2-1-6-24-20)25-21(28)14-3-4-17-18(12-14)31-13-30-17/h1-6,11-12H,7-10,13H2,(H,25,28). The fourth-order valence-corrected chi connectivity index (χ4v) is 4.79. The second-order valence-corrected chi connectivity index (χ2v) is 8.60. The summed E-state index contributed by atoms with van der Waals surface area (Å²) in [6.07, 6.45) is 1.69. The van der Waals surface area contributed by atoms with Crippen LogP contribution in [0.15, 0.2) is 48.0 Å². The van der Waals surface area contributed by atoms with Crippen LogP contribution in [-0.2, 0) is 0 Å². The van der Waals surface area contributed by atoms with Gasteiger partial charge in [-0.05, 0) is 41.8 Å². The number of nitrogens with one attached hydrogen (secondary N) is 1. The number of fused-ring (bicyclic) bond motifs is 1. The molecule has 5 rings (SSSR count). The van der Waals surface area contributed by atoms with Gasteiger partial charge < -0.3 is 24.6 Å². The Bertz CT molecular complexity index is 1180. The summed E-state index contributed by atoms with van der Waals surface area (Å²) >= 11 is 7.47. The van der Waals surface area contributed by atoms with E-state index in [9.17, 15) is 9.59 Å². The van der Waals surface area contributed by atoms with Gasteiger partial charge in [0, 0.05) is 37.9 Å². The molecule has 8 nitrogen and oxygen atoms in total. The minimum Gasteiger partial charge on any atom is -0.454 e. The molecule has 1 aromatic carbocycles. The van der Waals surface area contributed by atoms with Crippen LogP contribution in [-0.4, -0.2) is 54.7 Å². The molecule has 0 unspecified atom stereocenters. The van der Waals surface area contributed by atoms with Crippen molar-refractivity contribution in [2.24, 2.45) is 0 Å². The number of amides is 2. The summed E-state index contributed by atoms with van der Waals surface area (Å²) in [6, 6.07) is 10.4. The lowest BCUT2D eigenvalue weighted by Gasteiger charge is -2.36. The quantitative estimate of drug-likeness (QED) is 0.625. The largest absolute Gasteiger partial charge is 0.454 e. The SMILES string of the molecule is O=C(Nc1cccnc1N1CCN(C(=O)c2sccc2Cl)CC1)c1ccc2c(c1)OCO2. The van der Waals surface area contributed by atoms with Crippen LogP contribution in [0.1, 0.15) is 20.0 Å². The average Bonchev–Trinajstić information content (AvgIpc) is 3.47. The van der Waals surface area contributed by atoms with Gasteiger partial charge in [0.15, 0.2) is 17.3 Å². The molecule has 0 bridgehead atoms. The monoisotopic (exact) mass is 470 g/mol. The molecule has 4 heterocycles. The van der Waals surface area contributed by atoms with Crippen molar-refractivity contribution in [3.8, 4) is 11.5 Å². The maximum atomic E-state index is 12.8. The third kappa shape index (κ3) is 3.96. The summed E-state index contributed by atoms with van der Waals surface area (Å²) in [5.74, 6) is 1.53. The number of hydrogen-bond acceptors (Lipinski definition) is 7. The number of pyridine rings is 1. The van der Waals surface area contributed by atoms with E-state index in [1.54, 1.807) is 41.4 Å². The van der Waals surface area contributed by atoms with E-state index in [1.165, 1.54) is 11.3 Å². The van der Waals surface area contributed by atoms with Crippen LogP contribution in [0.25, 0.3) is 0 Å². The van der Waals surface area contributed by atoms with E-state index in [0.29, 0.717) is 64.6 Å². The van der Waals surface area contributed by atoms with Gasteiger partial charge in [-0.25, -0.2) is 4.98 Å². The molecule has 2 amide bonds. The zero-order valence-corrected chi connectivity index (χ0v) is 18.5. The molecule has 10 heteroatoms. The van der Waals surface area contributed by atoms with E-state index in [1.807, 2.05) is 11.4 Å². The van der Waals surface area contributed by atoms with Crippen molar-refractivity contribution in [2.75, 3.05) is 43.2 Å². The topological polar surface area (TPSA) is 84.0 Å². The Morgan fingerprint density at radius 3 is 2.66 bits per heavy atom. The summed E-state index contributed by atoms with van der Waals surface area (Å²) in [4.78, 5) is 34.5. The van der Waals surface area contributed by atoms with Crippen molar-refractivity contribution < 1.29 is 19.1 Å². The average molecular weight is 471 g/mol. The first kappa shape index (κ1) is 20.6. The predicted octanol–water partition coefficient (Wildman–Crippen LogP) is 3.74. The van der Waals surface area contributed by atoms with Gasteiger partial charge in [0.25, 0.3) is 11.8 Å². The molecule has 1 fully saturated rings. The first-order valence-electron chi connectivity index (χ1n) is 10.0. The number of aromatic nitrogens is 1. The molecule has 0 atom stereocenters. The highest BCUT2D eigenvalue weighted by Gasteiger charge is 2.26. The van der Waals surface area contributed by atoms with Crippen molar-refractivity contribution in [3.05, 3.63) is 63.4 Å². The molecule has 3 aromatic rings. The Hall–Kier alpha value is -3.30. The third-order valence-corrected chi connectivity index (χ3v) is 6.68. The van der Waals surface area contributed by atoms with Gasteiger partial charge in [0.1, 0.15) is 4.88 Å². The molecule has 0 radical (unpaired) electrons. The van der Waals surface area contributed by atoms with Crippen molar-refractivity contribution in [1.82, 2.24) is 9.88 Å². The minimum atomic E-state index is -0.265. The molecule has 0 aliphatic carbocycles. The zero-order valence-electron chi connectivity index (χ0n) is 16.9. The van der Waals surface area contributed by atoms with Gasteiger partial charge in [0.2, 0.25) is 6.79 Å². The number of hydrogen-bond donors (Lipinski definition) is 1. The van der Waals surface area contributed by atoms with E-state index in [2.05, 4.69) is 15.2 Å². The Kier molecular flexibility index (Phi) is 5.59. The number of thiophene rings is 1. The molecule has 32 heavy (non-hydrogen) atoms. The summed E-state index contributed by atoms with van der Waals surface area (Å²) in [5.41, 5.74) is 1.07. The number of carbonyl (C=O) groups is 2. The normalized spacial score (nSPS) is 15.0. The van der Waals surface area contributed by atoms with Crippen molar-refractivity contribution in [3.63, 3.8) is 0 Å². The summed E-state index contributed by atoms with van der Waals surface area (Å²) in [7, 11) is 0. The van der Waals surface area contributed by atoms with Crippen LogP contribution in [0.4, 0.5) is 11.5 Å². The van der Waals surface area contributed by atoms with E-state index < -0.39 is 0 Å². The van der Waals surface area contributed by atoms with Crippen molar-refractivity contribution >= 4 is 46.3 Å². The Morgan fingerprint density at radius 1 is 1.06 bits per heavy atom. The number of carbonyl (C=O) groups excluding carboxylic acids is 2. The molecule has 0 saturated carbocycles. The van der Waals surface area contributed by atoms with Crippen LogP contribution in [0.2, 0.25) is 5.02 Å². The molecule has 1 N–H and O–H groups in total. The smallest absolute Gasteiger partial charge is 0.265 e. The summed E-state index contributed by atoms with van der Waals surface area (Å²) < 4.78 is 10.7. The first-order valence-corrected chi connectivity index (χ1v) is 11.3.